The first-order valence-corrected chi connectivity index (χ1v) is 3.96. The van der Waals surface area contributed by atoms with Gasteiger partial charge < -0.3 is 5.32 Å². The van der Waals surface area contributed by atoms with Crippen LogP contribution in [0, 0.1) is 5.92 Å². The molecule has 1 heterocycles. The van der Waals surface area contributed by atoms with Gasteiger partial charge in [-0.3, -0.25) is 4.99 Å². The van der Waals surface area contributed by atoms with Crippen molar-refractivity contribution in [3.05, 3.63) is 0 Å². The number of nitrogens with one attached hydrogen (secondary N) is 1. The van der Waals surface area contributed by atoms with Crippen molar-refractivity contribution in [2.75, 3.05) is 7.05 Å². The summed E-state index contributed by atoms with van der Waals surface area (Å²) in [6, 6.07) is 0.665. The molecule has 1 aliphatic heterocycles. The average Bonchev–Trinajstić information content (AvgIpc) is 2.34. The molecule has 0 radical (unpaired) electrons. The first-order valence-electron chi connectivity index (χ1n) is 3.96. The largest absolute Gasteiger partial charge is 0.371 e. The van der Waals surface area contributed by atoms with Gasteiger partial charge in [0.25, 0.3) is 0 Å². The second kappa shape index (κ2) is 3.04. The lowest BCUT2D eigenvalue weighted by Gasteiger charge is -2.13. The van der Waals surface area contributed by atoms with Gasteiger partial charge >= 0.3 is 0 Å². The summed E-state index contributed by atoms with van der Waals surface area (Å²) < 4.78 is 0. The van der Waals surface area contributed by atoms with Gasteiger partial charge in [-0.15, -0.1) is 0 Å². The maximum Gasteiger partial charge on any atom is 0.0962 e. The summed E-state index contributed by atoms with van der Waals surface area (Å²) in [5.41, 5.74) is 0. The normalized spacial score (nSPS) is 29.6. The van der Waals surface area contributed by atoms with Crippen LogP contribution in [0.15, 0.2) is 4.99 Å². The van der Waals surface area contributed by atoms with Crippen LogP contribution in [0.2, 0.25) is 0 Å². The molecule has 0 aliphatic carbocycles. The third-order valence-electron chi connectivity index (χ3n) is 2.12. The predicted octanol–water partition coefficient (Wildman–Crippen LogP) is 1.42. The maximum absolute atomic E-state index is 4.13. The number of nitrogens with zero attached hydrogens (tertiary/aromatic N) is 1. The summed E-state index contributed by atoms with van der Waals surface area (Å²) in [5, 5.41) is 3.39. The number of aliphatic imine (C=N–C) groups is 1. The molecule has 10 heavy (non-hydrogen) atoms. The van der Waals surface area contributed by atoms with Crippen LogP contribution in [-0.4, -0.2) is 18.9 Å². The van der Waals surface area contributed by atoms with Crippen LogP contribution in [0.1, 0.15) is 26.7 Å². The highest BCUT2D eigenvalue weighted by Gasteiger charge is 2.20. The molecular formula is C8H16N2. The maximum atomic E-state index is 4.13. The molecule has 1 unspecified atom stereocenters. The van der Waals surface area contributed by atoms with Crippen molar-refractivity contribution in [3.63, 3.8) is 0 Å². The van der Waals surface area contributed by atoms with E-state index in [2.05, 4.69) is 24.2 Å². The Kier molecular flexibility index (Phi) is 2.30. The minimum atomic E-state index is 0.665. The second-order valence-electron chi connectivity index (χ2n) is 3.20. The molecule has 0 saturated carbocycles. The summed E-state index contributed by atoms with van der Waals surface area (Å²) in [6.07, 6.45) is 2.39. The Bertz CT molecular complexity index is 138. The highest BCUT2D eigenvalue weighted by Crippen LogP contribution is 2.14. The Hall–Kier alpha value is -0.530. The summed E-state index contributed by atoms with van der Waals surface area (Å²) >= 11 is 0. The van der Waals surface area contributed by atoms with Gasteiger partial charge in [0.2, 0.25) is 0 Å². The van der Waals surface area contributed by atoms with E-state index in [1.165, 1.54) is 12.3 Å². The number of amidine groups is 1. The van der Waals surface area contributed by atoms with Crippen LogP contribution < -0.4 is 5.32 Å². The van der Waals surface area contributed by atoms with Crippen molar-refractivity contribution in [2.45, 2.75) is 32.7 Å². The minimum absolute atomic E-state index is 0.665. The zero-order chi connectivity index (χ0) is 7.56. The lowest BCUT2D eigenvalue weighted by molar-refractivity contribution is 0.465. The summed E-state index contributed by atoms with van der Waals surface area (Å²) in [7, 11) is 1.85. The molecule has 58 valence electrons. The molecule has 1 atom stereocenters. The third kappa shape index (κ3) is 1.49. The van der Waals surface area contributed by atoms with Crippen molar-refractivity contribution < 1.29 is 0 Å². The smallest absolute Gasteiger partial charge is 0.0962 e. The molecule has 2 nitrogen and oxygen atoms in total. The van der Waals surface area contributed by atoms with E-state index in [9.17, 15) is 0 Å². The van der Waals surface area contributed by atoms with Crippen LogP contribution in [0.25, 0.3) is 0 Å². The monoisotopic (exact) mass is 140 g/mol. The molecule has 2 heteroatoms. The third-order valence-corrected chi connectivity index (χ3v) is 2.12. The standard InChI is InChI=1S/C8H16N2/c1-6(2)7-4-5-8(9-3)10-7/h6-7H,4-5H2,1-3H3,(H,9,10). The summed E-state index contributed by atoms with van der Waals surface area (Å²) in [4.78, 5) is 4.13. The molecule has 0 bridgehead atoms. The molecule has 1 aliphatic rings. The van der Waals surface area contributed by atoms with E-state index in [1.54, 1.807) is 0 Å². The molecule has 1 saturated heterocycles. The quantitative estimate of drug-likeness (QED) is 0.585. The Morgan fingerprint density at radius 1 is 1.60 bits per heavy atom. The zero-order valence-corrected chi connectivity index (χ0v) is 7.02. The van der Waals surface area contributed by atoms with Crippen LogP contribution in [-0.2, 0) is 0 Å². The van der Waals surface area contributed by atoms with Gasteiger partial charge in [-0.2, -0.15) is 0 Å². The Morgan fingerprint density at radius 2 is 2.30 bits per heavy atom. The Morgan fingerprint density at radius 3 is 2.60 bits per heavy atom. The summed E-state index contributed by atoms with van der Waals surface area (Å²) in [5.74, 6) is 1.91. The predicted molar refractivity (Wildman–Crippen MR) is 44.4 cm³/mol. The van der Waals surface area contributed by atoms with E-state index in [4.69, 9.17) is 0 Å². The van der Waals surface area contributed by atoms with E-state index < -0.39 is 0 Å². The number of hydrogen-bond acceptors (Lipinski definition) is 1. The zero-order valence-electron chi connectivity index (χ0n) is 7.02. The molecule has 0 amide bonds. The van der Waals surface area contributed by atoms with Crippen molar-refractivity contribution >= 4 is 5.84 Å². The highest BCUT2D eigenvalue weighted by atomic mass is 15.0. The van der Waals surface area contributed by atoms with Crippen LogP contribution in [0.5, 0.6) is 0 Å². The van der Waals surface area contributed by atoms with Gasteiger partial charge in [-0.25, -0.2) is 0 Å². The molecule has 0 aromatic heterocycles. The average molecular weight is 140 g/mol. The van der Waals surface area contributed by atoms with Crippen LogP contribution >= 0.6 is 0 Å². The lowest BCUT2D eigenvalue weighted by atomic mass is 10.0. The molecule has 0 aromatic rings. The van der Waals surface area contributed by atoms with E-state index in [0.29, 0.717) is 6.04 Å². The van der Waals surface area contributed by atoms with Gasteiger partial charge in [0.1, 0.15) is 0 Å². The molecule has 1 fully saturated rings. The highest BCUT2D eigenvalue weighted by molar-refractivity contribution is 5.84. The molecular weight excluding hydrogens is 124 g/mol. The lowest BCUT2D eigenvalue weighted by Crippen LogP contribution is -2.29. The molecule has 1 rings (SSSR count). The van der Waals surface area contributed by atoms with Crippen molar-refractivity contribution in [1.82, 2.24) is 5.32 Å². The Balaban J connectivity index is 2.43. The van der Waals surface area contributed by atoms with Crippen molar-refractivity contribution in [2.24, 2.45) is 10.9 Å². The van der Waals surface area contributed by atoms with Gasteiger partial charge in [0.15, 0.2) is 0 Å². The topological polar surface area (TPSA) is 24.4 Å². The fraction of sp³-hybridized carbons (Fsp3) is 0.875. The first kappa shape index (κ1) is 7.58. The van der Waals surface area contributed by atoms with Gasteiger partial charge in [0.05, 0.1) is 5.84 Å². The van der Waals surface area contributed by atoms with E-state index in [0.717, 1.165) is 12.3 Å². The fourth-order valence-electron chi connectivity index (χ4n) is 1.33. The van der Waals surface area contributed by atoms with Gasteiger partial charge in [-0.05, 0) is 12.3 Å². The van der Waals surface area contributed by atoms with E-state index >= 15 is 0 Å². The SMILES string of the molecule is CN=C1CCC(C(C)C)N1. The Labute approximate surface area is 62.7 Å². The first-order chi connectivity index (χ1) is 4.74. The minimum Gasteiger partial charge on any atom is -0.371 e. The van der Waals surface area contributed by atoms with Crippen LogP contribution in [0.3, 0.4) is 0 Å². The van der Waals surface area contributed by atoms with E-state index in [1.807, 2.05) is 7.05 Å². The van der Waals surface area contributed by atoms with Crippen LogP contribution in [0.4, 0.5) is 0 Å². The van der Waals surface area contributed by atoms with Gasteiger partial charge in [-0.1, -0.05) is 13.8 Å². The molecule has 0 aromatic carbocycles. The fourth-order valence-corrected chi connectivity index (χ4v) is 1.33. The van der Waals surface area contributed by atoms with Gasteiger partial charge in [0, 0.05) is 19.5 Å². The summed E-state index contributed by atoms with van der Waals surface area (Å²) in [6.45, 7) is 4.49. The molecule has 1 N–H and O–H groups in total. The van der Waals surface area contributed by atoms with Crippen molar-refractivity contribution in [3.8, 4) is 0 Å². The number of rotatable bonds is 1. The number of hydrogen-bond donors (Lipinski definition) is 1. The second-order valence-corrected chi connectivity index (χ2v) is 3.20. The van der Waals surface area contributed by atoms with Crippen molar-refractivity contribution in [1.29, 1.82) is 0 Å². The van der Waals surface area contributed by atoms with E-state index in [-0.39, 0.29) is 0 Å². The molecule has 0 spiro atoms.